The van der Waals surface area contributed by atoms with Crippen LogP contribution in [0, 0.1) is 11.8 Å². The van der Waals surface area contributed by atoms with Crippen molar-refractivity contribution in [1.82, 2.24) is 15.2 Å². The van der Waals surface area contributed by atoms with Gasteiger partial charge in [-0.1, -0.05) is 13.8 Å². The second kappa shape index (κ2) is 7.64. The summed E-state index contributed by atoms with van der Waals surface area (Å²) in [5.41, 5.74) is 0.598. The molecule has 0 radical (unpaired) electrons. The summed E-state index contributed by atoms with van der Waals surface area (Å²) in [5.74, 6) is 1.71. The lowest BCUT2D eigenvalue weighted by atomic mass is 9.91. The Morgan fingerprint density at radius 1 is 1.38 bits per heavy atom. The third-order valence-corrected chi connectivity index (χ3v) is 4.75. The minimum atomic E-state index is -0.0193. The van der Waals surface area contributed by atoms with Gasteiger partial charge in [0, 0.05) is 45.7 Å². The van der Waals surface area contributed by atoms with Gasteiger partial charge in [0.2, 0.25) is 5.91 Å². The van der Waals surface area contributed by atoms with Crippen molar-refractivity contribution in [1.29, 1.82) is 0 Å². The predicted octanol–water partition coefficient (Wildman–Crippen LogP) is 1.77. The third kappa shape index (κ3) is 4.04. The van der Waals surface area contributed by atoms with E-state index in [1.807, 2.05) is 19.1 Å². The quantitative estimate of drug-likeness (QED) is 0.892. The molecule has 1 saturated heterocycles. The lowest BCUT2D eigenvalue weighted by Crippen LogP contribution is -2.40. The molecule has 1 aromatic rings. The molecule has 0 saturated carbocycles. The Hall–Kier alpha value is -2.11. The average Bonchev–Trinajstić information content (AvgIpc) is 2.96. The average molecular weight is 332 g/mol. The van der Waals surface area contributed by atoms with Gasteiger partial charge >= 0.3 is 0 Å². The van der Waals surface area contributed by atoms with Crippen LogP contribution < -0.4 is 10.2 Å². The summed E-state index contributed by atoms with van der Waals surface area (Å²) >= 11 is 0. The minimum absolute atomic E-state index is 0.00371. The van der Waals surface area contributed by atoms with Crippen LogP contribution in [-0.2, 0) is 4.79 Å². The van der Waals surface area contributed by atoms with Crippen LogP contribution >= 0.6 is 0 Å². The van der Waals surface area contributed by atoms with E-state index < -0.39 is 0 Å². The molecule has 0 spiro atoms. The fourth-order valence-corrected chi connectivity index (χ4v) is 3.17. The third-order valence-electron chi connectivity index (χ3n) is 4.75. The van der Waals surface area contributed by atoms with Crippen LogP contribution in [0.4, 0.5) is 5.82 Å². The second-order valence-corrected chi connectivity index (χ2v) is 6.84. The molecule has 0 bridgehead atoms. The molecule has 6 heteroatoms. The summed E-state index contributed by atoms with van der Waals surface area (Å²) < 4.78 is 0. The molecule has 0 unspecified atom stereocenters. The lowest BCUT2D eigenvalue weighted by molar-refractivity contribution is -0.119. The Morgan fingerprint density at radius 2 is 2.08 bits per heavy atom. The molecule has 1 aliphatic heterocycles. The van der Waals surface area contributed by atoms with Gasteiger partial charge in [0.05, 0.1) is 11.6 Å². The molecule has 1 aromatic heterocycles. The number of carbonyl (C=O) groups excluding carboxylic acids is 2. The first-order valence-corrected chi connectivity index (χ1v) is 8.57. The van der Waals surface area contributed by atoms with E-state index in [9.17, 15) is 9.59 Å². The van der Waals surface area contributed by atoms with Crippen LogP contribution in [0.1, 0.15) is 38.1 Å². The summed E-state index contributed by atoms with van der Waals surface area (Å²) in [6.07, 6.45) is 1.64. The Bertz CT molecular complexity index is 585. The normalized spacial score (nSPS) is 20.3. The first-order valence-electron chi connectivity index (χ1n) is 8.57. The van der Waals surface area contributed by atoms with Crippen LogP contribution in [0.3, 0.4) is 0 Å². The van der Waals surface area contributed by atoms with Crippen molar-refractivity contribution in [2.24, 2.45) is 11.8 Å². The van der Waals surface area contributed by atoms with Gasteiger partial charge in [-0.3, -0.25) is 9.59 Å². The van der Waals surface area contributed by atoms with Crippen molar-refractivity contribution >= 4 is 17.6 Å². The zero-order valence-electron chi connectivity index (χ0n) is 15.2. The maximum atomic E-state index is 12.1. The molecule has 2 heterocycles. The Labute approximate surface area is 144 Å². The van der Waals surface area contributed by atoms with Gasteiger partial charge in [-0.2, -0.15) is 0 Å². The van der Waals surface area contributed by atoms with E-state index in [0.29, 0.717) is 23.9 Å². The van der Waals surface area contributed by atoms with Gasteiger partial charge in [-0.25, -0.2) is 4.98 Å². The molecule has 2 rings (SSSR count). The molecule has 24 heavy (non-hydrogen) atoms. The smallest absolute Gasteiger partial charge is 0.255 e. The standard InChI is InChI=1S/C18H28N4O2/c1-6-21(5)18(24)14-7-8-17(19-9-14)22-10-15(12(2)3)16(11-22)20-13(4)23/h7-9,12,15-16H,6,10-11H2,1-5H3,(H,20,23)/t15-,16+/m0/s1. The van der Waals surface area contributed by atoms with Crippen molar-refractivity contribution < 1.29 is 9.59 Å². The highest BCUT2D eigenvalue weighted by molar-refractivity contribution is 5.93. The number of rotatable bonds is 5. The maximum Gasteiger partial charge on any atom is 0.255 e. The number of hydrogen-bond donors (Lipinski definition) is 1. The number of pyridine rings is 1. The van der Waals surface area contributed by atoms with Gasteiger partial charge in [-0.15, -0.1) is 0 Å². The molecule has 1 fully saturated rings. The minimum Gasteiger partial charge on any atom is -0.354 e. The summed E-state index contributed by atoms with van der Waals surface area (Å²) in [7, 11) is 1.78. The molecule has 0 aromatic carbocycles. The highest BCUT2D eigenvalue weighted by atomic mass is 16.2. The van der Waals surface area contributed by atoms with Gasteiger partial charge in [0.25, 0.3) is 5.91 Å². The van der Waals surface area contributed by atoms with Gasteiger partial charge in [-0.05, 0) is 25.0 Å². The zero-order valence-corrected chi connectivity index (χ0v) is 15.2. The molecule has 1 aliphatic rings. The van der Waals surface area contributed by atoms with E-state index in [2.05, 4.69) is 29.0 Å². The second-order valence-electron chi connectivity index (χ2n) is 6.84. The molecular formula is C18H28N4O2. The SMILES string of the molecule is CCN(C)C(=O)c1ccc(N2C[C@@H](NC(C)=O)[C@H](C(C)C)C2)nc1. The summed E-state index contributed by atoms with van der Waals surface area (Å²) in [5, 5.41) is 3.06. The zero-order chi connectivity index (χ0) is 17.9. The fraction of sp³-hybridized carbons (Fsp3) is 0.611. The van der Waals surface area contributed by atoms with Crippen LogP contribution in [-0.4, -0.2) is 54.4 Å². The van der Waals surface area contributed by atoms with E-state index in [1.54, 1.807) is 25.1 Å². The van der Waals surface area contributed by atoms with Crippen molar-refractivity contribution in [2.75, 3.05) is 31.6 Å². The van der Waals surface area contributed by atoms with Gasteiger partial charge in [0.1, 0.15) is 5.82 Å². The Kier molecular flexibility index (Phi) is 5.80. The Balaban J connectivity index is 2.11. The van der Waals surface area contributed by atoms with Crippen LogP contribution in [0.25, 0.3) is 0 Å². The summed E-state index contributed by atoms with van der Waals surface area (Å²) in [6, 6.07) is 3.86. The number of carbonyl (C=O) groups is 2. The van der Waals surface area contributed by atoms with Crippen molar-refractivity contribution in [3.63, 3.8) is 0 Å². The molecule has 6 nitrogen and oxygen atoms in total. The monoisotopic (exact) mass is 332 g/mol. The molecular weight excluding hydrogens is 304 g/mol. The number of nitrogens with zero attached hydrogens (tertiary/aromatic N) is 3. The van der Waals surface area contributed by atoms with E-state index in [-0.39, 0.29) is 17.9 Å². The molecule has 1 N–H and O–H groups in total. The summed E-state index contributed by atoms with van der Waals surface area (Å²) in [6.45, 7) is 10.1. The maximum absolute atomic E-state index is 12.1. The highest BCUT2D eigenvalue weighted by Crippen LogP contribution is 2.28. The van der Waals surface area contributed by atoms with Crippen molar-refractivity contribution in [3.05, 3.63) is 23.9 Å². The van der Waals surface area contributed by atoms with Gasteiger partial charge < -0.3 is 15.1 Å². The van der Waals surface area contributed by atoms with E-state index in [4.69, 9.17) is 0 Å². The number of aromatic nitrogens is 1. The molecule has 2 amide bonds. The van der Waals surface area contributed by atoms with E-state index >= 15 is 0 Å². The number of nitrogens with one attached hydrogen (secondary N) is 1. The number of hydrogen-bond acceptors (Lipinski definition) is 4. The lowest BCUT2D eigenvalue weighted by Gasteiger charge is -2.21. The number of amides is 2. The predicted molar refractivity (Wildman–Crippen MR) is 95.0 cm³/mol. The van der Waals surface area contributed by atoms with E-state index in [0.717, 1.165) is 18.9 Å². The van der Waals surface area contributed by atoms with E-state index in [1.165, 1.54) is 0 Å². The van der Waals surface area contributed by atoms with Crippen molar-refractivity contribution in [3.8, 4) is 0 Å². The largest absolute Gasteiger partial charge is 0.354 e. The topological polar surface area (TPSA) is 65.5 Å². The molecule has 0 aliphatic carbocycles. The first kappa shape index (κ1) is 18.2. The van der Waals surface area contributed by atoms with Crippen LogP contribution in [0.15, 0.2) is 18.3 Å². The van der Waals surface area contributed by atoms with Crippen LogP contribution in [0.2, 0.25) is 0 Å². The first-order chi connectivity index (χ1) is 11.3. The Morgan fingerprint density at radius 3 is 2.58 bits per heavy atom. The molecule has 132 valence electrons. The number of anilines is 1. The van der Waals surface area contributed by atoms with Crippen LogP contribution in [0.5, 0.6) is 0 Å². The highest BCUT2D eigenvalue weighted by Gasteiger charge is 2.35. The summed E-state index contributed by atoms with van der Waals surface area (Å²) in [4.78, 5) is 31.9. The van der Waals surface area contributed by atoms with Gasteiger partial charge in [0.15, 0.2) is 0 Å². The molecule has 2 atom stereocenters. The van der Waals surface area contributed by atoms with Crippen molar-refractivity contribution in [2.45, 2.75) is 33.7 Å². The fourth-order valence-electron chi connectivity index (χ4n) is 3.17.